The van der Waals surface area contributed by atoms with Crippen LogP contribution in [-0.4, -0.2) is 26.3 Å². The molecule has 0 amide bonds. The van der Waals surface area contributed by atoms with Crippen molar-refractivity contribution < 1.29 is 4.79 Å². The molecule has 2 aromatic heterocycles. The van der Waals surface area contributed by atoms with Crippen molar-refractivity contribution in [3.05, 3.63) is 78.2 Å². The number of para-hydroxylation sites is 1. The maximum absolute atomic E-state index is 12.6. The highest BCUT2D eigenvalue weighted by Gasteiger charge is 2.08. The third-order valence-corrected chi connectivity index (χ3v) is 3.78. The van der Waals surface area contributed by atoms with Gasteiger partial charge in [-0.1, -0.05) is 24.3 Å². The molecule has 3 aromatic rings. The van der Waals surface area contributed by atoms with Crippen molar-refractivity contribution in [3.8, 4) is 5.69 Å². The van der Waals surface area contributed by atoms with Crippen LogP contribution >= 0.6 is 0 Å². The molecule has 0 aliphatic carbocycles. The first-order valence-electron chi connectivity index (χ1n) is 8.47. The fourth-order valence-electron chi connectivity index (χ4n) is 2.60. The summed E-state index contributed by atoms with van der Waals surface area (Å²) in [6.45, 7) is 4.00. The van der Waals surface area contributed by atoms with Crippen molar-refractivity contribution in [1.29, 1.82) is 0 Å². The molecule has 0 saturated carbocycles. The molecule has 0 unspecified atom stereocenters. The van der Waals surface area contributed by atoms with Crippen LogP contribution in [0.1, 0.15) is 30.6 Å². The maximum Gasteiger partial charge on any atom is 0.232 e. The fraction of sp³-hybridized carbons (Fsp3) is 0.250. The van der Waals surface area contributed by atoms with Gasteiger partial charge in [-0.25, -0.2) is 4.68 Å². The molecule has 25 heavy (non-hydrogen) atoms. The average Bonchev–Trinajstić information content (AvgIpc) is 3.09. The van der Waals surface area contributed by atoms with Crippen LogP contribution in [0.3, 0.4) is 0 Å². The zero-order chi connectivity index (χ0) is 17.6. The number of pyridine rings is 1. The van der Waals surface area contributed by atoms with Gasteiger partial charge < -0.3 is 0 Å². The van der Waals surface area contributed by atoms with Gasteiger partial charge in [-0.2, -0.15) is 5.10 Å². The standard InChI is InChI=1S/C20H22N4O/c1-16(2)22-19-10-6-7-13-23(19)20(25)12-11-17-14-21-24(15-17)18-8-4-3-5-9-18/h3-10,13-16H,11-12H2,1-2H3. The van der Waals surface area contributed by atoms with Gasteiger partial charge in [-0.05, 0) is 50.1 Å². The lowest BCUT2D eigenvalue weighted by Gasteiger charge is -2.06. The van der Waals surface area contributed by atoms with Crippen molar-refractivity contribution in [1.82, 2.24) is 14.3 Å². The molecule has 5 nitrogen and oxygen atoms in total. The summed E-state index contributed by atoms with van der Waals surface area (Å²) in [6, 6.07) is 15.7. The molecule has 0 spiro atoms. The van der Waals surface area contributed by atoms with E-state index in [0.717, 1.165) is 11.3 Å². The van der Waals surface area contributed by atoms with E-state index < -0.39 is 0 Å². The van der Waals surface area contributed by atoms with Crippen molar-refractivity contribution in [2.45, 2.75) is 32.7 Å². The number of rotatable bonds is 5. The van der Waals surface area contributed by atoms with Crippen LogP contribution in [0, 0.1) is 0 Å². The summed E-state index contributed by atoms with van der Waals surface area (Å²) in [4.78, 5) is 17.1. The van der Waals surface area contributed by atoms with Gasteiger partial charge in [-0.3, -0.25) is 14.4 Å². The van der Waals surface area contributed by atoms with Gasteiger partial charge in [0.2, 0.25) is 5.91 Å². The highest BCUT2D eigenvalue weighted by atomic mass is 16.2. The number of aromatic nitrogens is 3. The quantitative estimate of drug-likeness (QED) is 0.719. The van der Waals surface area contributed by atoms with Crippen molar-refractivity contribution >= 4 is 5.91 Å². The lowest BCUT2D eigenvalue weighted by Crippen LogP contribution is -2.27. The number of hydrogen-bond acceptors (Lipinski definition) is 3. The predicted octanol–water partition coefficient (Wildman–Crippen LogP) is 3.26. The minimum atomic E-state index is 0.0347. The lowest BCUT2D eigenvalue weighted by atomic mass is 10.2. The Kier molecular flexibility index (Phi) is 5.23. The van der Waals surface area contributed by atoms with E-state index in [2.05, 4.69) is 10.1 Å². The summed E-state index contributed by atoms with van der Waals surface area (Å²) in [6.07, 6.45) is 6.62. The smallest absolute Gasteiger partial charge is 0.232 e. The summed E-state index contributed by atoms with van der Waals surface area (Å²) in [5, 5.41) is 4.37. The van der Waals surface area contributed by atoms with Crippen LogP contribution in [0.5, 0.6) is 0 Å². The summed E-state index contributed by atoms with van der Waals surface area (Å²) in [5.74, 6) is 0.0347. The summed E-state index contributed by atoms with van der Waals surface area (Å²) >= 11 is 0. The van der Waals surface area contributed by atoms with E-state index in [9.17, 15) is 4.79 Å². The maximum atomic E-state index is 12.6. The monoisotopic (exact) mass is 334 g/mol. The highest BCUT2D eigenvalue weighted by Crippen LogP contribution is 2.09. The Morgan fingerprint density at radius 1 is 1.12 bits per heavy atom. The van der Waals surface area contributed by atoms with E-state index in [1.165, 1.54) is 0 Å². The normalized spacial score (nSPS) is 11.9. The second kappa shape index (κ2) is 7.75. The van der Waals surface area contributed by atoms with E-state index in [4.69, 9.17) is 0 Å². The molecule has 3 rings (SSSR count). The minimum Gasteiger partial charge on any atom is -0.274 e. The second-order valence-electron chi connectivity index (χ2n) is 6.17. The molecule has 5 heteroatoms. The van der Waals surface area contributed by atoms with Gasteiger partial charge in [0.15, 0.2) is 0 Å². The summed E-state index contributed by atoms with van der Waals surface area (Å²) < 4.78 is 3.45. The zero-order valence-corrected chi connectivity index (χ0v) is 14.5. The van der Waals surface area contributed by atoms with E-state index in [0.29, 0.717) is 18.3 Å². The first kappa shape index (κ1) is 16.9. The van der Waals surface area contributed by atoms with E-state index in [-0.39, 0.29) is 11.9 Å². The molecule has 0 atom stereocenters. The van der Waals surface area contributed by atoms with E-state index in [1.54, 1.807) is 10.8 Å². The topological polar surface area (TPSA) is 52.2 Å². The molecule has 0 radical (unpaired) electrons. The largest absolute Gasteiger partial charge is 0.274 e. The van der Waals surface area contributed by atoms with Gasteiger partial charge in [0.1, 0.15) is 5.49 Å². The van der Waals surface area contributed by atoms with Crippen LogP contribution < -0.4 is 5.49 Å². The Hall–Kier alpha value is -2.95. The lowest BCUT2D eigenvalue weighted by molar-refractivity contribution is 0.0897. The Labute approximate surface area is 147 Å². The summed E-state index contributed by atoms with van der Waals surface area (Å²) in [5.41, 5.74) is 2.74. The third kappa shape index (κ3) is 4.32. The third-order valence-electron chi connectivity index (χ3n) is 3.78. The molecule has 0 aliphatic rings. The Morgan fingerprint density at radius 3 is 2.64 bits per heavy atom. The minimum absolute atomic E-state index is 0.0347. The molecule has 128 valence electrons. The molecule has 0 bridgehead atoms. The molecular formula is C20H22N4O. The van der Waals surface area contributed by atoms with E-state index in [1.807, 2.05) is 79.5 Å². The van der Waals surface area contributed by atoms with Crippen LogP contribution in [0.25, 0.3) is 5.69 Å². The van der Waals surface area contributed by atoms with Gasteiger partial charge in [0.25, 0.3) is 0 Å². The highest BCUT2D eigenvalue weighted by molar-refractivity contribution is 5.78. The predicted molar refractivity (Wildman–Crippen MR) is 97.6 cm³/mol. The molecule has 2 heterocycles. The molecule has 0 aliphatic heterocycles. The molecule has 1 aromatic carbocycles. The van der Waals surface area contributed by atoms with Crippen LogP contribution in [0.15, 0.2) is 72.1 Å². The number of benzene rings is 1. The Balaban J connectivity index is 1.71. The van der Waals surface area contributed by atoms with Crippen LogP contribution in [0.2, 0.25) is 0 Å². The van der Waals surface area contributed by atoms with Crippen molar-refractivity contribution in [2.75, 3.05) is 0 Å². The number of hydrogen-bond donors (Lipinski definition) is 0. The summed E-state index contributed by atoms with van der Waals surface area (Å²) in [7, 11) is 0. The molecule has 0 N–H and O–H groups in total. The Bertz CT molecular complexity index is 906. The van der Waals surface area contributed by atoms with Crippen molar-refractivity contribution in [3.63, 3.8) is 0 Å². The average molecular weight is 334 g/mol. The molecular weight excluding hydrogens is 312 g/mol. The van der Waals surface area contributed by atoms with Crippen molar-refractivity contribution in [2.24, 2.45) is 4.99 Å². The first-order chi connectivity index (χ1) is 12.1. The second-order valence-corrected chi connectivity index (χ2v) is 6.17. The van der Waals surface area contributed by atoms with E-state index >= 15 is 0 Å². The molecule has 0 fully saturated rings. The van der Waals surface area contributed by atoms with Gasteiger partial charge in [0.05, 0.1) is 11.9 Å². The van der Waals surface area contributed by atoms with Gasteiger partial charge in [-0.15, -0.1) is 0 Å². The Morgan fingerprint density at radius 2 is 1.88 bits per heavy atom. The van der Waals surface area contributed by atoms with Crippen LogP contribution in [0.4, 0.5) is 0 Å². The SMILES string of the molecule is CC(C)N=c1ccccn1C(=O)CCc1cnn(-c2ccccc2)c1. The molecule has 0 saturated heterocycles. The number of carbonyl (C=O) groups is 1. The van der Waals surface area contributed by atoms with Crippen LogP contribution in [-0.2, 0) is 6.42 Å². The number of aryl methyl sites for hydroxylation is 1. The zero-order valence-electron chi connectivity index (χ0n) is 14.5. The van der Waals surface area contributed by atoms with Gasteiger partial charge in [0, 0.05) is 24.9 Å². The number of nitrogens with zero attached hydrogens (tertiary/aromatic N) is 4. The fourth-order valence-corrected chi connectivity index (χ4v) is 2.60. The number of carbonyl (C=O) groups excluding carboxylic acids is 1. The van der Waals surface area contributed by atoms with Gasteiger partial charge >= 0.3 is 0 Å². The first-order valence-corrected chi connectivity index (χ1v) is 8.47.